The van der Waals surface area contributed by atoms with Gasteiger partial charge >= 0.3 is 5.97 Å². The lowest BCUT2D eigenvalue weighted by molar-refractivity contribution is 0.00697. The lowest BCUT2D eigenvalue weighted by atomic mass is 10.1. The summed E-state index contributed by atoms with van der Waals surface area (Å²) in [5.41, 5.74) is 3.13. The minimum atomic E-state index is -0.607. The molecule has 0 saturated carbocycles. The molecule has 0 bridgehead atoms. The van der Waals surface area contributed by atoms with Gasteiger partial charge in [0.25, 0.3) is 5.91 Å². The van der Waals surface area contributed by atoms with Crippen LogP contribution in [-0.4, -0.2) is 44.1 Å². The number of hydrogen-bond acceptors (Lipinski definition) is 7. The van der Waals surface area contributed by atoms with E-state index in [0.29, 0.717) is 34.8 Å². The van der Waals surface area contributed by atoms with Crippen molar-refractivity contribution in [2.24, 2.45) is 5.92 Å². The van der Waals surface area contributed by atoms with E-state index in [0.717, 1.165) is 16.3 Å². The maximum atomic E-state index is 13.1. The Balaban J connectivity index is 1.53. The van der Waals surface area contributed by atoms with Gasteiger partial charge < -0.3 is 15.2 Å². The first-order valence-corrected chi connectivity index (χ1v) is 13.4. The second kappa shape index (κ2) is 11.9. The maximum absolute atomic E-state index is 13.1. The molecule has 4 aromatic rings. The minimum Gasteiger partial charge on any atom is -0.455 e. The second-order valence-electron chi connectivity index (χ2n) is 9.05. The summed E-state index contributed by atoms with van der Waals surface area (Å²) in [4.78, 5) is 35.4. The average Bonchev–Trinajstić information content (AvgIpc) is 3.51. The van der Waals surface area contributed by atoms with Crippen molar-refractivity contribution in [3.8, 4) is 10.6 Å². The number of nitrogens with one attached hydrogen (secondary N) is 1. The van der Waals surface area contributed by atoms with Crippen molar-refractivity contribution in [3.05, 3.63) is 75.6 Å². The first-order chi connectivity index (χ1) is 17.8. The molecule has 8 nitrogen and oxygen atoms in total. The van der Waals surface area contributed by atoms with Crippen LogP contribution in [0.5, 0.6) is 0 Å². The molecule has 0 fully saturated rings. The van der Waals surface area contributed by atoms with Gasteiger partial charge in [-0.3, -0.25) is 9.20 Å². The molecule has 0 spiro atoms. The van der Waals surface area contributed by atoms with Crippen LogP contribution in [0.15, 0.2) is 48.0 Å². The maximum Gasteiger partial charge on any atom is 0.357 e. The van der Waals surface area contributed by atoms with E-state index in [1.165, 1.54) is 11.3 Å². The van der Waals surface area contributed by atoms with E-state index in [1.54, 1.807) is 22.7 Å². The molecule has 194 valence electrons. The van der Waals surface area contributed by atoms with E-state index < -0.39 is 12.1 Å². The van der Waals surface area contributed by atoms with Gasteiger partial charge in [-0.05, 0) is 43.0 Å². The number of aryl methyl sites for hydroxylation is 1. The van der Waals surface area contributed by atoms with Gasteiger partial charge in [0.2, 0.25) is 0 Å². The molecule has 0 unspecified atom stereocenters. The summed E-state index contributed by atoms with van der Waals surface area (Å²) in [6, 6.07) is 10.8. The van der Waals surface area contributed by atoms with Gasteiger partial charge in [-0.1, -0.05) is 44.5 Å². The van der Waals surface area contributed by atoms with Gasteiger partial charge in [-0.2, -0.15) is 0 Å². The molecule has 37 heavy (non-hydrogen) atoms. The largest absolute Gasteiger partial charge is 0.455 e. The third kappa shape index (κ3) is 6.18. The third-order valence-electron chi connectivity index (χ3n) is 5.76. The number of halogens is 1. The number of aliphatic hydroxyl groups excluding tert-OH is 1. The normalized spacial score (nSPS) is 12.2. The van der Waals surface area contributed by atoms with Crippen LogP contribution in [0, 0.1) is 5.92 Å². The monoisotopic (exact) mass is 540 g/mol. The van der Waals surface area contributed by atoms with Crippen LogP contribution in [0.3, 0.4) is 0 Å². The molecule has 1 aromatic carbocycles. The fourth-order valence-corrected chi connectivity index (χ4v) is 5.06. The Labute approximate surface area is 224 Å². The Morgan fingerprint density at radius 3 is 2.73 bits per heavy atom. The van der Waals surface area contributed by atoms with E-state index in [9.17, 15) is 14.7 Å². The predicted octanol–water partition coefficient (Wildman–Crippen LogP) is 5.17. The summed E-state index contributed by atoms with van der Waals surface area (Å²) in [7, 11) is 0. The van der Waals surface area contributed by atoms with Crippen molar-refractivity contribution >= 4 is 40.5 Å². The van der Waals surface area contributed by atoms with Crippen LogP contribution < -0.4 is 5.32 Å². The number of pyridine rings is 1. The molecule has 3 heterocycles. The second-order valence-corrected chi connectivity index (χ2v) is 10.3. The smallest absolute Gasteiger partial charge is 0.357 e. The lowest BCUT2D eigenvalue weighted by Crippen LogP contribution is -2.25. The third-order valence-corrected chi connectivity index (χ3v) is 6.94. The highest BCUT2D eigenvalue weighted by Gasteiger charge is 2.25. The van der Waals surface area contributed by atoms with Gasteiger partial charge in [-0.15, -0.1) is 11.3 Å². The molecule has 0 radical (unpaired) electrons. The zero-order chi connectivity index (χ0) is 26.5. The van der Waals surface area contributed by atoms with Crippen LogP contribution >= 0.6 is 22.9 Å². The van der Waals surface area contributed by atoms with Gasteiger partial charge in [0.15, 0.2) is 11.3 Å². The highest BCUT2D eigenvalue weighted by Crippen LogP contribution is 2.26. The number of imidazole rings is 1. The van der Waals surface area contributed by atoms with E-state index in [2.05, 4.69) is 15.3 Å². The molecular formula is C27H29ClN4O4S. The Hall–Kier alpha value is -3.27. The summed E-state index contributed by atoms with van der Waals surface area (Å²) in [6.45, 7) is 5.86. The Bertz CT molecular complexity index is 1410. The lowest BCUT2D eigenvalue weighted by Gasteiger charge is -2.17. The van der Waals surface area contributed by atoms with Gasteiger partial charge in [-0.25, -0.2) is 14.8 Å². The number of aromatic nitrogens is 3. The van der Waals surface area contributed by atoms with Crippen LogP contribution in [0.4, 0.5) is 0 Å². The number of thiazole rings is 1. The SMILES string of the molecule is CCc1nc2c(C(=O)NCc3csc(-c4cccc(Cl)c4)n3)cccn2c1C(=O)O[C@H](CO)CC(C)C. The quantitative estimate of drug-likeness (QED) is 0.269. The number of benzene rings is 1. The Morgan fingerprint density at radius 1 is 1.22 bits per heavy atom. The molecule has 4 rings (SSSR count). The average molecular weight is 541 g/mol. The summed E-state index contributed by atoms with van der Waals surface area (Å²) in [5.74, 6) is -0.645. The van der Waals surface area contributed by atoms with Crippen LogP contribution in [-0.2, 0) is 17.7 Å². The number of aliphatic hydroxyl groups is 1. The Morgan fingerprint density at radius 2 is 2.03 bits per heavy atom. The highest BCUT2D eigenvalue weighted by molar-refractivity contribution is 7.13. The Kier molecular flexibility index (Phi) is 8.58. The molecule has 2 N–H and O–H groups in total. The summed E-state index contributed by atoms with van der Waals surface area (Å²) in [6.07, 6.45) is 2.10. The van der Waals surface area contributed by atoms with Crippen molar-refractivity contribution < 1.29 is 19.4 Å². The van der Waals surface area contributed by atoms with E-state index in [4.69, 9.17) is 16.3 Å². The number of esters is 1. The van der Waals surface area contributed by atoms with Crippen molar-refractivity contribution in [1.82, 2.24) is 19.7 Å². The van der Waals surface area contributed by atoms with Crippen molar-refractivity contribution in [3.63, 3.8) is 0 Å². The zero-order valence-corrected chi connectivity index (χ0v) is 22.5. The van der Waals surface area contributed by atoms with Crippen molar-refractivity contribution in [1.29, 1.82) is 0 Å². The highest BCUT2D eigenvalue weighted by atomic mass is 35.5. The molecule has 0 aliphatic carbocycles. The standard InChI is InChI=1S/C27H29ClN4O4S/c1-4-22-23(27(35)36-20(14-33)11-16(2)3)32-10-6-9-21(24(32)31-22)25(34)29-13-19-15-37-26(30-19)17-7-5-8-18(28)12-17/h5-10,12,15-16,20,33H,4,11,13-14H2,1-3H3,(H,29,34)/t20-/m0/s1. The van der Waals surface area contributed by atoms with E-state index >= 15 is 0 Å². The van der Waals surface area contributed by atoms with Crippen molar-refractivity contribution in [2.45, 2.75) is 46.3 Å². The minimum absolute atomic E-state index is 0.237. The molecule has 1 atom stereocenters. The number of rotatable bonds is 10. The number of amides is 1. The molecule has 0 aliphatic heterocycles. The molecule has 1 amide bonds. The fraction of sp³-hybridized carbons (Fsp3) is 0.333. The number of nitrogens with zero attached hydrogens (tertiary/aromatic N) is 3. The van der Waals surface area contributed by atoms with Gasteiger partial charge in [0.1, 0.15) is 11.1 Å². The van der Waals surface area contributed by atoms with Crippen LogP contribution in [0.1, 0.15) is 59.4 Å². The number of ether oxygens (including phenoxy) is 1. The van der Waals surface area contributed by atoms with E-state index in [1.807, 2.05) is 50.4 Å². The summed E-state index contributed by atoms with van der Waals surface area (Å²) >= 11 is 7.56. The van der Waals surface area contributed by atoms with Crippen LogP contribution in [0.25, 0.3) is 16.2 Å². The predicted molar refractivity (Wildman–Crippen MR) is 144 cm³/mol. The topological polar surface area (TPSA) is 106 Å². The number of carbonyl (C=O) groups excluding carboxylic acids is 2. The number of carbonyl (C=O) groups is 2. The fourth-order valence-electron chi connectivity index (χ4n) is 4.06. The number of fused-ring (bicyclic) bond motifs is 1. The van der Waals surface area contributed by atoms with Gasteiger partial charge in [0, 0.05) is 22.2 Å². The summed E-state index contributed by atoms with van der Waals surface area (Å²) in [5, 5.41) is 15.9. The molecule has 0 aliphatic rings. The molecule has 3 aromatic heterocycles. The zero-order valence-electron chi connectivity index (χ0n) is 20.9. The molecule has 0 saturated heterocycles. The van der Waals surface area contributed by atoms with E-state index in [-0.39, 0.29) is 30.7 Å². The molecule has 10 heteroatoms. The first-order valence-electron chi connectivity index (χ1n) is 12.1. The van der Waals surface area contributed by atoms with Crippen LogP contribution in [0.2, 0.25) is 5.02 Å². The molecular weight excluding hydrogens is 512 g/mol. The van der Waals surface area contributed by atoms with Crippen molar-refractivity contribution in [2.75, 3.05) is 6.61 Å². The summed E-state index contributed by atoms with van der Waals surface area (Å²) < 4.78 is 7.17. The number of hydrogen-bond donors (Lipinski definition) is 2. The van der Waals surface area contributed by atoms with Gasteiger partial charge in [0.05, 0.1) is 30.1 Å². The first kappa shape index (κ1) is 26.8.